The van der Waals surface area contributed by atoms with Gasteiger partial charge in [0.25, 0.3) is 0 Å². The molecule has 2 aromatic rings. The third-order valence-corrected chi connectivity index (χ3v) is 4.25. The van der Waals surface area contributed by atoms with E-state index in [0.717, 1.165) is 26.4 Å². The Morgan fingerprint density at radius 2 is 2.33 bits per heavy atom. The van der Waals surface area contributed by atoms with Crippen LogP contribution >= 0.6 is 34.7 Å². The van der Waals surface area contributed by atoms with Gasteiger partial charge in [0.2, 0.25) is 0 Å². The van der Waals surface area contributed by atoms with Crippen LogP contribution < -0.4 is 5.73 Å². The fourth-order valence-electron chi connectivity index (χ4n) is 1.14. The van der Waals surface area contributed by atoms with Gasteiger partial charge < -0.3 is 5.73 Å². The lowest BCUT2D eigenvalue weighted by Gasteiger charge is -2.05. The molecule has 1 heterocycles. The number of aromatic nitrogens is 1. The van der Waals surface area contributed by atoms with Crippen LogP contribution in [0.2, 0.25) is 5.02 Å². The lowest BCUT2D eigenvalue weighted by Crippen LogP contribution is -1.93. The molecule has 0 amide bonds. The van der Waals surface area contributed by atoms with E-state index in [1.807, 2.05) is 23.6 Å². The van der Waals surface area contributed by atoms with Crippen molar-refractivity contribution in [2.75, 3.05) is 5.73 Å². The van der Waals surface area contributed by atoms with Crippen molar-refractivity contribution in [2.24, 2.45) is 0 Å². The van der Waals surface area contributed by atoms with Crippen LogP contribution in [0.1, 0.15) is 5.56 Å². The van der Waals surface area contributed by atoms with Crippen LogP contribution in [0.25, 0.3) is 0 Å². The van der Waals surface area contributed by atoms with Crippen molar-refractivity contribution in [3.05, 3.63) is 40.4 Å². The van der Waals surface area contributed by atoms with Gasteiger partial charge in [0.15, 0.2) is 0 Å². The number of nitrogen functional groups attached to an aromatic ring is 1. The monoisotopic (exact) mass is 256 g/mol. The molecule has 1 aromatic heterocycles. The lowest BCUT2D eigenvalue weighted by molar-refractivity contribution is 1.24. The van der Waals surface area contributed by atoms with E-state index in [0.29, 0.717) is 0 Å². The number of hydrogen-bond donors (Lipinski definition) is 1. The highest BCUT2D eigenvalue weighted by molar-refractivity contribution is 8.00. The molecule has 0 saturated carbocycles. The first-order valence-electron chi connectivity index (χ1n) is 4.32. The zero-order valence-electron chi connectivity index (χ0n) is 7.81. The number of rotatable bonds is 3. The second-order valence-corrected chi connectivity index (χ2v) is 5.42. The van der Waals surface area contributed by atoms with Crippen LogP contribution in [-0.2, 0) is 5.75 Å². The third-order valence-electron chi connectivity index (χ3n) is 1.90. The summed E-state index contributed by atoms with van der Waals surface area (Å²) in [6.07, 6.45) is 1.79. The van der Waals surface area contributed by atoms with Gasteiger partial charge in [-0.1, -0.05) is 29.4 Å². The van der Waals surface area contributed by atoms with E-state index >= 15 is 0 Å². The number of anilines is 1. The van der Waals surface area contributed by atoms with Gasteiger partial charge in [0.05, 0.1) is 0 Å². The minimum atomic E-state index is 0.721. The number of nitrogens with zero attached hydrogens (tertiary/aromatic N) is 1. The first-order valence-corrected chi connectivity index (χ1v) is 6.57. The molecule has 5 heteroatoms. The molecule has 0 unspecified atom stereocenters. The van der Waals surface area contributed by atoms with Crippen molar-refractivity contribution in [1.82, 2.24) is 4.98 Å². The molecule has 0 bridgehead atoms. The predicted octanol–water partition coefficient (Wildman–Crippen LogP) is 3.67. The third kappa shape index (κ3) is 2.65. The molecular formula is C10H9ClN2S2. The van der Waals surface area contributed by atoms with Crippen molar-refractivity contribution in [1.29, 1.82) is 0 Å². The van der Waals surface area contributed by atoms with Crippen LogP contribution in [-0.4, -0.2) is 4.98 Å². The molecule has 2 N–H and O–H groups in total. The molecular weight excluding hydrogens is 248 g/mol. The Morgan fingerprint density at radius 3 is 3.00 bits per heavy atom. The Balaban J connectivity index is 2.11. The van der Waals surface area contributed by atoms with Crippen LogP contribution in [0.5, 0.6) is 0 Å². The van der Waals surface area contributed by atoms with Crippen LogP contribution in [0.3, 0.4) is 0 Å². The largest absolute Gasteiger partial charge is 0.398 e. The van der Waals surface area contributed by atoms with E-state index in [1.165, 1.54) is 0 Å². The first kappa shape index (κ1) is 10.8. The molecule has 2 rings (SSSR count). The van der Waals surface area contributed by atoms with Crippen LogP contribution in [0.15, 0.2) is 34.1 Å². The fourth-order valence-corrected chi connectivity index (χ4v) is 3.17. The van der Waals surface area contributed by atoms with E-state index in [2.05, 4.69) is 4.98 Å². The molecule has 78 valence electrons. The molecule has 0 atom stereocenters. The maximum atomic E-state index is 6.06. The highest BCUT2D eigenvalue weighted by Gasteiger charge is 2.05. The summed E-state index contributed by atoms with van der Waals surface area (Å²) in [5.74, 6) is 0.763. The van der Waals surface area contributed by atoms with Gasteiger partial charge in [-0.15, -0.1) is 11.3 Å². The maximum Gasteiger partial charge on any atom is 0.150 e. The molecule has 0 spiro atoms. The lowest BCUT2D eigenvalue weighted by atomic mass is 10.2. The van der Waals surface area contributed by atoms with Gasteiger partial charge in [0.1, 0.15) is 4.34 Å². The van der Waals surface area contributed by atoms with Gasteiger partial charge in [-0.3, -0.25) is 0 Å². The minimum absolute atomic E-state index is 0.721. The molecule has 15 heavy (non-hydrogen) atoms. The molecule has 0 saturated heterocycles. The van der Waals surface area contributed by atoms with E-state index < -0.39 is 0 Å². The first-order chi connectivity index (χ1) is 7.27. The summed E-state index contributed by atoms with van der Waals surface area (Å²) >= 11 is 9.33. The Morgan fingerprint density at radius 1 is 1.47 bits per heavy atom. The molecule has 1 aromatic carbocycles. The predicted molar refractivity (Wildman–Crippen MR) is 67.5 cm³/mol. The average Bonchev–Trinajstić information content (AvgIpc) is 2.70. The number of hydrogen-bond acceptors (Lipinski definition) is 4. The minimum Gasteiger partial charge on any atom is -0.398 e. The highest BCUT2D eigenvalue weighted by Crippen LogP contribution is 2.30. The summed E-state index contributed by atoms with van der Waals surface area (Å²) in [5.41, 5.74) is 7.57. The van der Waals surface area contributed by atoms with Crippen molar-refractivity contribution in [2.45, 2.75) is 10.1 Å². The van der Waals surface area contributed by atoms with Crippen molar-refractivity contribution in [3.63, 3.8) is 0 Å². The van der Waals surface area contributed by atoms with Gasteiger partial charge in [-0.2, -0.15) is 0 Å². The second kappa shape index (κ2) is 4.88. The van der Waals surface area contributed by atoms with E-state index in [1.54, 1.807) is 29.3 Å². The van der Waals surface area contributed by atoms with Crippen molar-refractivity contribution in [3.8, 4) is 0 Å². The summed E-state index contributed by atoms with van der Waals surface area (Å²) in [6, 6.07) is 5.58. The summed E-state index contributed by atoms with van der Waals surface area (Å²) in [5, 5.41) is 2.68. The SMILES string of the molecule is Nc1cccc(Cl)c1CSc1nccs1. The quantitative estimate of drug-likeness (QED) is 0.673. The summed E-state index contributed by atoms with van der Waals surface area (Å²) < 4.78 is 1.04. The Labute approximate surface area is 101 Å². The van der Waals surface area contributed by atoms with Crippen LogP contribution in [0, 0.1) is 0 Å². The average molecular weight is 257 g/mol. The molecule has 0 aliphatic rings. The Hall–Kier alpha value is -0.710. The summed E-state index contributed by atoms with van der Waals surface area (Å²) in [7, 11) is 0. The smallest absolute Gasteiger partial charge is 0.150 e. The maximum absolute atomic E-state index is 6.06. The number of halogens is 1. The van der Waals surface area contributed by atoms with E-state index in [4.69, 9.17) is 17.3 Å². The molecule has 0 radical (unpaired) electrons. The normalized spacial score (nSPS) is 10.5. The molecule has 2 nitrogen and oxygen atoms in total. The fraction of sp³-hybridized carbons (Fsp3) is 0.100. The van der Waals surface area contributed by atoms with Gasteiger partial charge >= 0.3 is 0 Å². The number of thiazole rings is 1. The van der Waals surface area contributed by atoms with Crippen LogP contribution in [0.4, 0.5) is 5.69 Å². The van der Waals surface area contributed by atoms with Crippen molar-refractivity contribution < 1.29 is 0 Å². The number of benzene rings is 1. The van der Waals surface area contributed by atoms with Crippen molar-refractivity contribution >= 4 is 40.4 Å². The molecule has 0 aliphatic carbocycles. The Kier molecular flexibility index (Phi) is 3.51. The standard InChI is InChI=1S/C10H9ClN2S2/c11-8-2-1-3-9(12)7(8)6-15-10-13-4-5-14-10/h1-5H,6,12H2. The van der Waals surface area contributed by atoms with Gasteiger partial charge in [-0.25, -0.2) is 4.98 Å². The molecule has 0 aliphatic heterocycles. The highest BCUT2D eigenvalue weighted by atomic mass is 35.5. The molecule has 0 fully saturated rings. The summed E-state index contributed by atoms with van der Waals surface area (Å²) in [6.45, 7) is 0. The number of thioether (sulfide) groups is 1. The van der Waals surface area contributed by atoms with E-state index in [9.17, 15) is 0 Å². The Bertz CT molecular complexity index is 422. The topological polar surface area (TPSA) is 38.9 Å². The second-order valence-electron chi connectivity index (χ2n) is 2.89. The zero-order chi connectivity index (χ0) is 10.7. The zero-order valence-corrected chi connectivity index (χ0v) is 10.2. The summed E-state index contributed by atoms with van der Waals surface area (Å²) in [4.78, 5) is 4.19. The van der Waals surface area contributed by atoms with Gasteiger partial charge in [-0.05, 0) is 12.1 Å². The van der Waals surface area contributed by atoms with E-state index in [-0.39, 0.29) is 0 Å². The van der Waals surface area contributed by atoms with Gasteiger partial charge in [0, 0.05) is 33.6 Å². The number of nitrogens with two attached hydrogens (primary N) is 1.